The van der Waals surface area contributed by atoms with Gasteiger partial charge in [0.1, 0.15) is 5.69 Å². The van der Waals surface area contributed by atoms with Crippen molar-refractivity contribution in [2.45, 2.75) is 0 Å². The van der Waals surface area contributed by atoms with E-state index in [-0.39, 0.29) is 5.69 Å². The van der Waals surface area contributed by atoms with Crippen LogP contribution >= 0.6 is 0 Å². The Morgan fingerprint density at radius 2 is 1.89 bits per heavy atom. The summed E-state index contributed by atoms with van der Waals surface area (Å²) in [5.74, 6) is -1.10. The summed E-state index contributed by atoms with van der Waals surface area (Å²) >= 11 is 0. The molecule has 1 N–H and O–H groups in total. The molecule has 0 saturated heterocycles. The molecule has 88 valence electrons. The number of fused-ring (bicyclic) bond motifs is 1. The fourth-order valence-corrected chi connectivity index (χ4v) is 1.75. The summed E-state index contributed by atoms with van der Waals surface area (Å²) in [4.78, 5) is 16.6. The van der Waals surface area contributed by atoms with Gasteiger partial charge in [0.15, 0.2) is 5.69 Å². The monoisotopic (exact) mass is 240 g/mol. The molecule has 3 rings (SSSR count). The molecule has 0 saturated carbocycles. The van der Waals surface area contributed by atoms with Gasteiger partial charge in [-0.1, -0.05) is 18.2 Å². The standard InChI is InChI=1S/C12H8N4O2/c17-12(18)11-10(16-13-5-6-14-16)7-8-3-1-2-4-9(8)15-11/h1-7H,(H,17,18). The first-order valence-corrected chi connectivity index (χ1v) is 5.25. The van der Waals surface area contributed by atoms with E-state index in [0.717, 1.165) is 5.39 Å². The fraction of sp³-hybridized carbons (Fsp3) is 0. The van der Waals surface area contributed by atoms with E-state index in [4.69, 9.17) is 0 Å². The molecular weight excluding hydrogens is 232 g/mol. The van der Waals surface area contributed by atoms with Crippen molar-refractivity contribution >= 4 is 16.9 Å². The topological polar surface area (TPSA) is 80.9 Å². The van der Waals surface area contributed by atoms with Crippen molar-refractivity contribution < 1.29 is 9.90 Å². The Kier molecular flexibility index (Phi) is 2.26. The third-order valence-electron chi connectivity index (χ3n) is 2.54. The normalized spacial score (nSPS) is 10.7. The predicted molar refractivity (Wildman–Crippen MR) is 63.6 cm³/mol. The van der Waals surface area contributed by atoms with Crippen LogP contribution in [0.25, 0.3) is 16.6 Å². The van der Waals surface area contributed by atoms with Gasteiger partial charge in [0, 0.05) is 5.39 Å². The molecule has 3 aromatic rings. The van der Waals surface area contributed by atoms with Crippen molar-refractivity contribution in [3.05, 3.63) is 48.4 Å². The minimum Gasteiger partial charge on any atom is -0.476 e. The molecule has 2 heterocycles. The molecule has 0 spiro atoms. The first-order valence-electron chi connectivity index (χ1n) is 5.25. The van der Waals surface area contributed by atoms with Crippen molar-refractivity contribution in [3.63, 3.8) is 0 Å². The van der Waals surface area contributed by atoms with Gasteiger partial charge in [-0.3, -0.25) is 0 Å². The second kappa shape index (κ2) is 3.92. The fourth-order valence-electron chi connectivity index (χ4n) is 1.75. The Bertz CT molecular complexity index is 722. The SMILES string of the molecule is O=C(O)c1nc2ccccc2cc1-n1nccn1. The first-order chi connectivity index (χ1) is 8.75. The van der Waals surface area contributed by atoms with Crippen LogP contribution < -0.4 is 0 Å². The maximum atomic E-state index is 11.2. The Labute approximate surface area is 102 Å². The Balaban J connectivity index is 2.34. The number of carboxylic acid groups (broad SMARTS) is 1. The summed E-state index contributed by atoms with van der Waals surface area (Å²) in [6, 6.07) is 9.02. The van der Waals surface area contributed by atoms with Crippen LogP contribution in [0.5, 0.6) is 0 Å². The van der Waals surface area contributed by atoms with Gasteiger partial charge in [0.05, 0.1) is 17.9 Å². The average molecular weight is 240 g/mol. The maximum absolute atomic E-state index is 11.2. The molecule has 18 heavy (non-hydrogen) atoms. The van der Waals surface area contributed by atoms with Crippen molar-refractivity contribution in [1.82, 2.24) is 20.0 Å². The van der Waals surface area contributed by atoms with E-state index in [0.29, 0.717) is 11.2 Å². The molecule has 6 nitrogen and oxygen atoms in total. The lowest BCUT2D eigenvalue weighted by atomic mass is 10.2. The maximum Gasteiger partial charge on any atom is 0.356 e. The number of carboxylic acids is 1. The van der Waals surface area contributed by atoms with Crippen LogP contribution in [0, 0.1) is 0 Å². The van der Waals surface area contributed by atoms with Crippen LogP contribution in [-0.4, -0.2) is 31.1 Å². The summed E-state index contributed by atoms with van der Waals surface area (Å²) in [5.41, 5.74) is 0.918. The molecule has 2 aromatic heterocycles. The smallest absolute Gasteiger partial charge is 0.356 e. The summed E-state index contributed by atoms with van der Waals surface area (Å²) in [7, 11) is 0. The van der Waals surface area contributed by atoms with E-state index >= 15 is 0 Å². The number of rotatable bonds is 2. The minimum absolute atomic E-state index is 0.0649. The van der Waals surface area contributed by atoms with Gasteiger partial charge in [-0.15, -0.1) is 4.80 Å². The van der Waals surface area contributed by atoms with Crippen LogP contribution in [0.2, 0.25) is 0 Å². The number of aromatic carboxylic acids is 1. The molecule has 0 aliphatic carbocycles. The lowest BCUT2D eigenvalue weighted by molar-refractivity contribution is 0.0690. The third-order valence-corrected chi connectivity index (χ3v) is 2.54. The van der Waals surface area contributed by atoms with Gasteiger partial charge in [0.25, 0.3) is 0 Å². The van der Waals surface area contributed by atoms with Crippen LogP contribution in [0.4, 0.5) is 0 Å². The predicted octanol–water partition coefficient (Wildman–Crippen LogP) is 1.51. The van der Waals surface area contributed by atoms with Gasteiger partial charge in [-0.05, 0) is 12.1 Å². The van der Waals surface area contributed by atoms with Crippen molar-refractivity contribution in [2.75, 3.05) is 0 Å². The summed E-state index contributed by atoms with van der Waals surface area (Å²) in [5, 5.41) is 17.9. The molecule has 0 aliphatic rings. The zero-order chi connectivity index (χ0) is 12.5. The molecular formula is C12H8N4O2. The Morgan fingerprint density at radius 3 is 2.61 bits per heavy atom. The Hall–Kier alpha value is -2.76. The molecule has 0 aliphatic heterocycles. The van der Waals surface area contributed by atoms with E-state index in [9.17, 15) is 9.90 Å². The summed E-state index contributed by atoms with van der Waals surface area (Å²) in [6.07, 6.45) is 2.97. The number of nitrogens with zero attached hydrogens (tertiary/aromatic N) is 4. The van der Waals surface area contributed by atoms with E-state index in [1.165, 1.54) is 17.2 Å². The van der Waals surface area contributed by atoms with Gasteiger partial charge >= 0.3 is 5.97 Å². The molecule has 0 radical (unpaired) electrons. The number of aromatic nitrogens is 4. The van der Waals surface area contributed by atoms with Gasteiger partial charge < -0.3 is 5.11 Å². The van der Waals surface area contributed by atoms with Crippen molar-refractivity contribution in [2.24, 2.45) is 0 Å². The highest BCUT2D eigenvalue weighted by molar-refractivity contribution is 5.94. The quantitative estimate of drug-likeness (QED) is 0.734. The van der Waals surface area contributed by atoms with Gasteiger partial charge in [-0.25, -0.2) is 9.78 Å². The highest BCUT2D eigenvalue weighted by Gasteiger charge is 2.16. The highest BCUT2D eigenvalue weighted by Crippen LogP contribution is 2.18. The molecule has 0 bridgehead atoms. The van der Waals surface area contributed by atoms with E-state index in [2.05, 4.69) is 15.2 Å². The second-order valence-corrected chi connectivity index (χ2v) is 3.67. The molecule has 0 fully saturated rings. The lowest BCUT2D eigenvalue weighted by Crippen LogP contribution is -2.10. The first kappa shape index (κ1) is 10.4. The van der Waals surface area contributed by atoms with Crippen LogP contribution in [0.1, 0.15) is 10.5 Å². The number of pyridine rings is 1. The summed E-state index contributed by atoms with van der Waals surface area (Å²) in [6.45, 7) is 0. The Morgan fingerprint density at radius 1 is 1.17 bits per heavy atom. The minimum atomic E-state index is -1.10. The summed E-state index contributed by atoms with van der Waals surface area (Å²) < 4.78 is 0. The molecule has 0 unspecified atom stereocenters. The molecule has 1 aromatic carbocycles. The van der Waals surface area contributed by atoms with Crippen LogP contribution in [0.15, 0.2) is 42.7 Å². The number of para-hydroxylation sites is 1. The zero-order valence-corrected chi connectivity index (χ0v) is 9.19. The third kappa shape index (κ3) is 1.60. The number of hydrogen-bond acceptors (Lipinski definition) is 4. The molecule has 0 atom stereocenters. The van der Waals surface area contributed by atoms with Crippen molar-refractivity contribution in [3.8, 4) is 5.69 Å². The van der Waals surface area contributed by atoms with E-state index in [1.807, 2.05) is 18.2 Å². The largest absolute Gasteiger partial charge is 0.476 e. The second-order valence-electron chi connectivity index (χ2n) is 3.67. The number of carbonyl (C=O) groups is 1. The van der Waals surface area contributed by atoms with E-state index in [1.54, 1.807) is 12.1 Å². The lowest BCUT2D eigenvalue weighted by Gasteiger charge is -2.06. The highest BCUT2D eigenvalue weighted by atomic mass is 16.4. The van der Waals surface area contributed by atoms with E-state index < -0.39 is 5.97 Å². The van der Waals surface area contributed by atoms with Gasteiger partial charge in [-0.2, -0.15) is 10.2 Å². The molecule has 6 heteroatoms. The molecule has 0 amide bonds. The van der Waals surface area contributed by atoms with Crippen LogP contribution in [-0.2, 0) is 0 Å². The number of benzene rings is 1. The van der Waals surface area contributed by atoms with Crippen LogP contribution in [0.3, 0.4) is 0 Å². The van der Waals surface area contributed by atoms with Gasteiger partial charge in [0.2, 0.25) is 0 Å². The van der Waals surface area contributed by atoms with Crippen molar-refractivity contribution in [1.29, 1.82) is 0 Å². The average Bonchev–Trinajstić information content (AvgIpc) is 2.91. The number of hydrogen-bond donors (Lipinski definition) is 1. The zero-order valence-electron chi connectivity index (χ0n) is 9.19.